The van der Waals surface area contributed by atoms with E-state index in [9.17, 15) is 28.1 Å². The Bertz CT molecular complexity index is 876. The molecule has 1 aromatic heterocycles. The van der Waals surface area contributed by atoms with Crippen molar-refractivity contribution in [3.05, 3.63) is 40.1 Å². The van der Waals surface area contributed by atoms with Gasteiger partial charge in [0.15, 0.2) is 0 Å². The van der Waals surface area contributed by atoms with Crippen molar-refractivity contribution in [2.45, 2.75) is 12.6 Å². The predicted molar refractivity (Wildman–Crippen MR) is 98.8 cm³/mol. The van der Waals surface area contributed by atoms with Crippen LogP contribution in [-0.4, -0.2) is 77.7 Å². The van der Waals surface area contributed by atoms with Gasteiger partial charge in [-0.05, 0) is 12.5 Å². The molecule has 11 heteroatoms. The third-order valence-electron chi connectivity index (χ3n) is 4.79. The maximum Gasteiger partial charge on any atom is 0.411 e. The van der Waals surface area contributed by atoms with Gasteiger partial charge < -0.3 is 14.6 Å². The van der Waals surface area contributed by atoms with E-state index in [2.05, 4.69) is 14.6 Å². The molecule has 1 aromatic carbocycles. The van der Waals surface area contributed by atoms with Crippen LogP contribution < -0.4 is 0 Å². The van der Waals surface area contributed by atoms with Crippen molar-refractivity contribution < 1.29 is 27.6 Å². The van der Waals surface area contributed by atoms with Gasteiger partial charge in [-0.25, -0.2) is 0 Å². The minimum absolute atomic E-state index is 0.0345. The number of nitrogens with zero attached hydrogens (tertiary/aromatic N) is 3. The van der Waals surface area contributed by atoms with Gasteiger partial charge in [-0.3, -0.25) is 19.8 Å². The summed E-state index contributed by atoms with van der Waals surface area (Å²) in [5, 5.41) is 11.5. The highest BCUT2D eigenvalue weighted by Gasteiger charge is 2.27. The first-order valence-corrected chi connectivity index (χ1v) is 9.16. The van der Waals surface area contributed by atoms with E-state index >= 15 is 0 Å². The van der Waals surface area contributed by atoms with E-state index in [1.807, 2.05) is 0 Å². The van der Waals surface area contributed by atoms with Crippen molar-refractivity contribution in [2.24, 2.45) is 0 Å². The molecule has 158 valence electrons. The SMILES string of the molecule is O=C(c1c[nH]c2ccc([N+](=O)[O-])cc12)N1CCN(CCCOCC(F)(F)F)CC1. The smallest absolute Gasteiger partial charge is 0.372 e. The fraction of sp³-hybridized carbons (Fsp3) is 0.500. The minimum atomic E-state index is -4.31. The first-order valence-electron chi connectivity index (χ1n) is 9.16. The number of aromatic nitrogens is 1. The molecular weight excluding hydrogens is 393 g/mol. The molecule has 3 rings (SSSR count). The van der Waals surface area contributed by atoms with E-state index < -0.39 is 17.7 Å². The number of fused-ring (bicyclic) bond motifs is 1. The van der Waals surface area contributed by atoms with Gasteiger partial charge in [0.1, 0.15) is 6.61 Å². The van der Waals surface area contributed by atoms with Crippen molar-refractivity contribution >= 4 is 22.5 Å². The molecule has 1 fully saturated rings. The fourth-order valence-corrected chi connectivity index (χ4v) is 3.32. The fourth-order valence-electron chi connectivity index (χ4n) is 3.32. The number of halogens is 3. The molecule has 0 bridgehead atoms. The van der Waals surface area contributed by atoms with Crippen LogP contribution >= 0.6 is 0 Å². The van der Waals surface area contributed by atoms with Crippen LogP contribution in [0.4, 0.5) is 18.9 Å². The lowest BCUT2D eigenvalue weighted by Crippen LogP contribution is -2.48. The number of H-pyrrole nitrogens is 1. The molecule has 2 heterocycles. The molecule has 1 amide bonds. The van der Waals surface area contributed by atoms with Gasteiger partial charge in [-0.1, -0.05) is 0 Å². The van der Waals surface area contributed by atoms with Crippen LogP contribution in [0.3, 0.4) is 0 Å². The number of rotatable bonds is 7. The van der Waals surface area contributed by atoms with Gasteiger partial charge in [0.05, 0.1) is 10.5 Å². The minimum Gasteiger partial charge on any atom is -0.372 e. The molecule has 0 atom stereocenters. The zero-order chi connectivity index (χ0) is 21.0. The quantitative estimate of drug-likeness (QED) is 0.427. The Kier molecular flexibility index (Phi) is 6.38. The summed E-state index contributed by atoms with van der Waals surface area (Å²) >= 11 is 0. The van der Waals surface area contributed by atoms with Crippen LogP contribution in [0.1, 0.15) is 16.8 Å². The highest BCUT2D eigenvalue weighted by atomic mass is 19.4. The van der Waals surface area contributed by atoms with E-state index in [1.165, 1.54) is 12.1 Å². The van der Waals surface area contributed by atoms with Crippen molar-refractivity contribution in [3.63, 3.8) is 0 Å². The number of carbonyl (C=O) groups is 1. The number of nitro benzene ring substituents is 1. The number of carbonyl (C=O) groups excluding carboxylic acids is 1. The third-order valence-corrected chi connectivity index (χ3v) is 4.79. The summed E-state index contributed by atoms with van der Waals surface area (Å²) in [7, 11) is 0. The number of alkyl halides is 3. The molecule has 1 aliphatic rings. The molecule has 0 spiro atoms. The summed E-state index contributed by atoms with van der Waals surface area (Å²) in [5.74, 6) is -0.204. The Balaban J connectivity index is 1.51. The summed E-state index contributed by atoms with van der Waals surface area (Å²) in [6.07, 6.45) is -2.27. The number of hydrogen-bond acceptors (Lipinski definition) is 5. The summed E-state index contributed by atoms with van der Waals surface area (Å²) in [6, 6.07) is 4.34. The van der Waals surface area contributed by atoms with Gasteiger partial charge >= 0.3 is 6.18 Å². The van der Waals surface area contributed by atoms with Gasteiger partial charge in [0, 0.05) is 68.6 Å². The number of aromatic amines is 1. The highest BCUT2D eigenvalue weighted by molar-refractivity contribution is 6.07. The van der Waals surface area contributed by atoms with Gasteiger partial charge in [0.25, 0.3) is 11.6 Å². The average molecular weight is 414 g/mol. The number of nitrogens with one attached hydrogen (secondary N) is 1. The number of ether oxygens (including phenoxy) is 1. The molecule has 0 unspecified atom stereocenters. The number of piperazine rings is 1. The normalized spacial score (nSPS) is 15.8. The molecule has 8 nitrogen and oxygen atoms in total. The molecule has 0 saturated carbocycles. The number of non-ortho nitro benzene ring substituents is 1. The van der Waals surface area contributed by atoms with Crippen LogP contribution in [0.25, 0.3) is 10.9 Å². The molecular formula is C18H21F3N4O4. The zero-order valence-corrected chi connectivity index (χ0v) is 15.6. The van der Waals surface area contributed by atoms with Crippen LogP contribution in [0.15, 0.2) is 24.4 Å². The van der Waals surface area contributed by atoms with E-state index in [-0.39, 0.29) is 18.2 Å². The summed E-state index contributed by atoms with van der Waals surface area (Å²) < 4.78 is 40.7. The lowest BCUT2D eigenvalue weighted by atomic mass is 10.1. The van der Waals surface area contributed by atoms with Gasteiger partial charge in [-0.2, -0.15) is 13.2 Å². The number of nitro groups is 1. The standard InChI is InChI=1S/C18H21F3N4O4/c19-18(20,21)12-29-9-1-4-23-5-7-24(8-6-23)17(26)15-11-22-16-3-2-13(25(27)28)10-14(15)16/h2-3,10-11,22H,1,4-9,12H2. The molecule has 1 N–H and O–H groups in total. The van der Waals surface area contributed by atoms with E-state index in [1.54, 1.807) is 17.2 Å². The lowest BCUT2D eigenvalue weighted by Gasteiger charge is -2.34. The third kappa shape index (κ3) is 5.45. The average Bonchev–Trinajstić information content (AvgIpc) is 3.10. The second-order valence-electron chi connectivity index (χ2n) is 6.84. The van der Waals surface area contributed by atoms with Crippen molar-refractivity contribution in [2.75, 3.05) is 45.9 Å². The van der Waals surface area contributed by atoms with Crippen molar-refractivity contribution in [1.82, 2.24) is 14.8 Å². The second-order valence-corrected chi connectivity index (χ2v) is 6.84. The Morgan fingerprint density at radius 3 is 2.62 bits per heavy atom. The molecule has 1 aliphatic heterocycles. The van der Waals surface area contributed by atoms with Crippen LogP contribution in [0.2, 0.25) is 0 Å². The molecule has 0 radical (unpaired) electrons. The lowest BCUT2D eigenvalue weighted by molar-refractivity contribution is -0.384. The second kappa shape index (κ2) is 8.78. The number of benzene rings is 1. The molecule has 1 saturated heterocycles. The van der Waals surface area contributed by atoms with Crippen molar-refractivity contribution in [3.8, 4) is 0 Å². The number of hydrogen-bond donors (Lipinski definition) is 1. The van der Waals surface area contributed by atoms with Crippen LogP contribution in [-0.2, 0) is 4.74 Å². The maximum absolute atomic E-state index is 12.8. The Hall–Kier alpha value is -2.66. The van der Waals surface area contributed by atoms with Crippen LogP contribution in [0, 0.1) is 10.1 Å². The first kappa shape index (κ1) is 21.1. The number of amides is 1. The topological polar surface area (TPSA) is 91.7 Å². The molecule has 2 aromatic rings. The van der Waals surface area contributed by atoms with E-state index in [0.29, 0.717) is 55.6 Å². The zero-order valence-electron chi connectivity index (χ0n) is 15.6. The van der Waals surface area contributed by atoms with E-state index in [4.69, 9.17) is 0 Å². The Morgan fingerprint density at radius 1 is 1.24 bits per heavy atom. The highest BCUT2D eigenvalue weighted by Crippen LogP contribution is 2.25. The van der Waals surface area contributed by atoms with Crippen LogP contribution in [0.5, 0.6) is 0 Å². The summed E-state index contributed by atoms with van der Waals surface area (Å²) in [4.78, 5) is 30.0. The Morgan fingerprint density at radius 2 is 1.97 bits per heavy atom. The first-order chi connectivity index (χ1) is 13.7. The largest absolute Gasteiger partial charge is 0.411 e. The van der Waals surface area contributed by atoms with Gasteiger partial charge in [-0.15, -0.1) is 0 Å². The van der Waals surface area contributed by atoms with Crippen molar-refractivity contribution in [1.29, 1.82) is 0 Å². The molecule has 0 aliphatic carbocycles. The monoisotopic (exact) mass is 414 g/mol. The summed E-state index contributed by atoms with van der Waals surface area (Å²) in [5.41, 5.74) is 0.956. The van der Waals surface area contributed by atoms with Gasteiger partial charge in [0.2, 0.25) is 0 Å². The molecule has 29 heavy (non-hydrogen) atoms. The summed E-state index contributed by atoms with van der Waals surface area (Å²) in [6.45, 7) is 1.55. The Labute approximate surface area is 164 Å². The van der Waals surface area contributed by atoms with E-state index in [0.717, 1.165) is 0 Å². The maximum atomic E-state index is 12.8. The predicted octanol–water partition coefficient (Wildman–Crippen LogP) is 2.80.